The predicted molar refractivity (Wildman–Crippen MR) is 91.5 cm³/mol. The van der Waals surface area contributed by atoms with Crippen LogP contribution in [-0.2, 0) is 0 Å². The molecule has 116 valence electrons. The van der Waals surface area contributed by atoms with Crippen molar-refractivity contribution in [3.63, 3.8) is 0 Å². The van der Waals surface area contributed by atoms with Crippen LogP contribution in [-0.4, -0.2) is 42.7 Å². The molecule has 3 rings (SSSR count). The molecule has 2 aromatic carbocycles. The zero-order valence-corrected chi connectivity index (χ0v) is 13.3. The van der Waals surface area contributed by atoms with Gasteiger partial charge in [0.05, 0.1) is 16.8 Å². The molecule has 0 spiro atoms. The van der Waals surface area contributed by atoms with Crippen molar-refractivity contribution in [1.82, 2.24) is 4.90 Å². The first-order chi connectivity index (χ1) is 10.7. The molecule has 0 saturated carbocycles. The Balaban J connectivity index is 1.55. The van der Waals surface area contributed by atoms with Gasteiger partial charge in [0.1, 0.15) is 0 Å². The molecule has 1 heterocycles. The van der Waals surface area contributed by atoms with Crippen LogP contribution in [0.15, 0.2) is 54.6 Å². The topological polar surface area (TPSA) is 26.7 Å². The quantitative estimate of drug-likeness (QED) is 0.938. The highest BCUT2D eigenvalue weighted by Gasteiger charge is 2.21. The molecule has 0 radical (unpaired) electrons. The van der Waals surface area contributed by atoms with Crippen LogP contribution >= 0.6 is 11.6 Å². The molecule has 0 bridgehead atoms. The van der Waals surface area contributed by atoms with Gasteiger partial charge in [-0.1, -0.05) is 54.1 Å². The maximum atomic E-state index is 10.3. The summed E-state index contributed by atoms with van der Waals surface area (Å²) in [6.45, 7) is 4.43. The van der Waals surface area contributed by atoms with Crippen LogP contribution in [0.5, 0.6) is 0 Å². The van der Waals surface area contributed by atoms with Crippen molar-refractivity contribution in [3.05, 3.63) is 65.2 Å². The highest BCUT2D eigenvalue weighted by atomic mass is 35.5. The molecule has 0 aromatic heterocycles. The van der Waals surface area contributed by atoms with Crippen molar-refractivity contribution in [2.45, 2.75) is 6.10 Å². The Morgan fingerprint density at radius 2 is 1.55 bits per heavy atom. The van der Waals surface area contributed by atoms with Crippen LogP contribution in [0.1, 0.15) is 11.7 Å². The monoisotopic (exact) mass is 316 g/mol. The molecule has 2 aromatic rings. The van der Waals surface area contributed by atoms with Gasteiger partial charge in [-0.05, 0) is 17.7 Å². The van der Waals surface area contributed by atoms with Gasteiger partial charge in [-0.2, -0.15) is 0 Å². The number of β-amino-alcohol motifs (C(OH)–C–C–N with tert-alkyl or cyclic N) is 1. The molecule has 1 N–H and O–H groups in total. The van der Waals surface area contributed by atoms with Gasteiger partial charge in [-0.3, -0.25) is 4.90 Å². The summed E-state index contributed by atoms with van der Waals surface area (Å²) in [4.78, 5) is 4.62. The second kappa shape index (κ2) is 7.14. The number of hydrogen-bond donors (Lipinski definition) is 1. The Morgan fingerprint density at radius 1 is 0.909 bits per heavy atom. The molecule has 0 unspecified atom stereocenters. The fourth-order valence-electron chi connectivity index (χ4n) is 2.90. The molecule has 1 atom stereocenters. The van der Waals surface area contributed by atoms with Crippen LogP contribution < -0.4 is 4.90 Å². The summed E-state index contributed by atoms with van der Waals surface area (Å²) in [5.74, 6) is 0. The van der Waals surface area contributed by atoms with Crippen LogP contribution in [0.3, 0.4) is 0 Å². The number of nitrogens with zero attached hydrogens (tertiary/aromatic N) is 2. The van der Waals surface area contributed by atoms with Gasteiger partial charge in [0.25, 0.3) is 0 Å². The van der Waals surface area contributed by atoms with Crippen molar-refractivity contribution in [3.8, 4) is 0 Å². The van der Waals surface area contributed by atoms with E-state index in [9.17, 15) is 5.11 Å². The van der Waals surface area contributed by atoms with Gasteiger partial charge in [-0.25, -0.2) is 0 Å². The van der Waals surface area contributed by atoms with Crippen molar-refractivity contribution in [2.24, 2.45) is 0 Å². The Morgan fingerprint density at radius 3 is 2.23 bits per heavy atom. The van der Waals surface area contributed by atoms with Crippen LogP contribution in [0.2, 0.25) is 5.02 Å². The van der Waals surface area contributed by atoms with E-state index in [1.807, 2.05) is 48.5 Å². The summed E-state index contributed by atoms with van der Waals surface area (Å²) in [6.07, 6.45) is -0.423. The van der Waals surface area contributed by atoms with E-state index in [1.54, 1.807) is 0 Å². The molecule has 1 aliphatic rings. The highest BCUT2D eigenvalue weighted by Crippen LogP contribution is 2.26. The number of aliphatic hydroxyl groups excluding tert-OH is 1. The maximum absolute atomic E-state index is 10.3. The molecule has 1 fully saturated rings. The Hall–Kier alpha value is -1.55. The number of piperazine rings is 1. The van der Waals surface area contributed by atoms with Gasteiger partial charge in [0, 0.05) is 32.7 Å². The third kappa shape index (κ3) is 3.61. The predicted octanol–water partition coefficient (Wildman–Crippen LogP) is 3.20. The molecule has 1 saturated heterocycles. The smallest absolute Gasteiger partial charge is 0.0916 e. The minimum Gasteiger partial charge on any atom is -0.387 e. The van der Waals surface area contributed by atoms with Crippen molar-refractivity contribution in [1.29, 1.82) is 0 Å². The second-order valence-electron chi connectivity index (χ2n) is 5.67. The van der Waals surface area contributed by atoms with E-state index in [2.05, 4.69) is 15.9 Å². The Kier molecular flexibility index (Phi) is 4.98. The van der Waals surface area contributed by atoms with Crippen molar-refractivity contribution < 1.29 is 5.11 Å². The number of halogens is 1. The van der Waals surface area contributed by atoms with E-state index < -0.39 is 6.10 Å². The van der Waals surface area contributed by atoms with Gasteiger partial charge in [0.2, 0.25) is 0 Å². The van der Waals surface area contributed by atoms with Gasteiger partial charge in [-0.15, -0.1) is 0 Å². The molecule has 0 amide bonds. The lowest BCUT2D eigenvalue weighted by atomic mass is 10.1. The molecule has 4 heteroatoms. The minimum atomic E-state index is -0.423. The lowest BCUT2D eigenvalue weighted by Gasteiger charge is -2.37. The highest BCUT2D eigenvalue weighted by molar-refractivity contribution is 6.33. The average molecular weight is 317 g/mol. The average Bonchev–Trinajstić information content (AvgIpc) is 2.57. The number of rotatable bonds is 4. The second-order valence-corrected chi connectivity index (χ2v) is 6.07. The first-order valence-electron chi connectivity index (χ1n) is 7.69. The zero-order valence-electron chi connectivity index (χ0n) is 12.5. The number of para-hydroxylation sites is 1. The first kappa shape index (κ1) is 15.3. The lowest BCUT2D eigenvalue weighted by molar-refractivity contribution is 0.109. The standard InChI is InChI=1S/C18H21ClN2O/c19-16-8-4-5-9-17(16)21-12-10-20(11-13-21)14-18(22)15-6-2-1-3-7-15/h1-9,18,22H,10-14H2/t18-/m0/s1. The normalized spacial score (nSPS) is 17.5. The van der Waals surface area contributed by atoms with E-state index in [4.69, 9.17) is 11.6 Å². The molecule has 0 aliphatic carbocycles. The Labute approximate surface area is 136 Å². The molecular weight excluding hydrogens is 296 g/mol. The molecule has 3 nitrogen and oxygen atoms in total. The fourth-order valence-corrected chi connectivity index (χ4v) is 3.16. The third-order valence-electron chi connectivity index (χ3n) is 4.18. The number of anilines is 1. The van der Waals surface area contributed by atoms with E-state index in [0.717, 1.165) is 42.5 Å². The molecular formula is C18H21ClN2O. The number of benzene rings is 2. The van der Waals surface area contributed by atoms with Crippen LogP contribution in [0.4, 0.5) is 5.69 Å². The number of aliphatic hydroxyl groups is 1. The molecule has 1 aliphatic heterocycles. The molecule has 22 heavy (non-hydrogen) atoms. The lowest BCUT2D eigenvalue weighted by Crippen LogP contribution is -2.47. The fraction of sp³-hybridized carbons (Fsp3) is 0.333. The van der Waals surface area contributed by atoms with E-state index in [1.165, 1.54) is 0 Å². The van der Waals surface area contributed by atoms with Crippen LogP contribution in [0, 0.1) is 0 Å². The summed E-state index contributed by atoms with van der Waals surface area (Å²) in [7, 11) is 0. The largest absolute Gasteiger partial charge is 0.387 e. The van der Waals surface area contributed by atoms with Gasteiger partial charge >= 0.3 is 0 Å². The third-order valence-corrected chi connectivity index (χ3v) is 4.50. The van der Waals surface area contributed by atoms with Crippen LogP contribution in [0.25, 0.3) is 0 Å². The summed E-state index contributed by atoms with van der Waals surface area (Å²) in [5, 5.41) is 11.1. The van der Waals surface area contributed by atoms with Gasteiger partial charge in [0.15, 0.2) is 0 Å². The number of hydrogen-bond acceptors (Lipinski definition) is 3. The summed E-state index contributed by atoms with van der Waals surface area (Å²) < 4.78 is 0. The Bertz CT molecular complexity index is 597. The van der Waals surface area contributed by atoms with E-state index in [-0.39, 0.29) is 0 Å². The van der Waals surface area contributed by atoms with Crippen molar-refractivity contribution >= 4 is 17.3 Å². The van der Waals surface area contributed by atoms with Gasteiger partial charge < -0.3 is 10.0 Å². The van der Waals surface area contributed by atoms with Crippen molar-refractivity contribution in [2.75, 3.05) is 37.6 Å². The summed E-state index contributed by atoms with van der Waals surface area (Å²) in [6, 6.07) is 17.8. The maximum Gasteiger partial charge on any atom is 0.0916 e. The van der Waals surface area contributed by atoms with E-state index in [0.29, 0.717) is 6.54 Å². The first-order valence-corrected chi connectivity index (χ1v) is 8.06. The summed E-state index contributed by atoms with van der Waals surface area (Å²) in [5.41, 5.74) is 2.09. The minimum absolute atomic E-state index is 0.423. The zero-order chi connectivity index (χ0) is 15.4. The SMILES string of the molecule is O[C@@H](CN1CCN(c2ccccc2Cl)CC1)c1ccccc1. The van der Waals surface area contributed by atoms with E-state index >= 15 is 0 Å². The summed E-state index contributed by atoms with van der Waals surface area (Å²) >= 11 is 6.26.